The molecule has 1 aromatic heterocycles. The van der Waals surface area contributed by atoms with Crippen molar-refractivity contribution >= 4 is 22.4 Å². The largest absolute Gasteiger partial charge is 0.384 e. The van der Waals surface area contributed by atoms with Crippen molar-refractivity contribution in [2.75, 3.05) is 24.7 Å². The molecule has 5 heteroatoms. The van der Waals surface area contributed by atoms with Gasteiger partial charge in [-0.2, -0.15) is 0 Å². The summed E-state index contributed by atoms with van der Waals surface area (Å²) in [6.07, 6.45) is 1.70. The van der Waals surface area contributed by atoms with Gasteiger partial charge in [-0.1, -0.05) is 18.2 Å². The molecule has 1 unspecified atom stereocenters. The number of nitrogens with two attached hydrogens (primary N) is 1. The fourth-order valence-electron chi connectivity index (χ4n) is 2.69. The number of anilines is 1. The first-order valence-corrected chi connectivity index (χ1v) is 6.75. The first kappa shape index (κ1) is 12.9. The van der Waals surface area contributed by atoms with E-state index in [4.69, 9.17) is 15.9 Å². The van der Waals surface area contributed by atoms with Gasteiger partial charge in [0.2, 0.25) is 0 Å². The monoisotopic (exact) mass is 270 g/mol. The van der Waals surface area contributed by atoms with E-state index in [-0.39, 0.29) is 11.9 Å². The molecule has 2 heterocycles. The molecule has 3 rings (SSSR count). The molecule has 0 spiro atoms. The van der Waals surface area contributed by atoms with Crippen LogP contribution in [0.5, 0.6) is 0 Å². The molecular formula is C15H18N4O. The minimum absolute atomic E-state index is 0.0527. The lowest BCUT2D eigenvalue weighted by Crippen LogP contribution is -2.44. The molecule has 1 aromatic carbocycles. The second kappa shape index (κ2) is 5.09. The highest BCUT2D eigenvalue weighted by molar-refractivity contribution is 6.07. The molecule has 2 aromatic rings. The summed E-state index contributed by atoms with van der Waals surface area (Å²) in [6.45, 7) is 4.31. The first-order valence-electron chi connectivity index (χ1n) is 6.75. The summed E-state index contributed by atoms with van der Waals surface area (Å²) in [5.74, 6) is 0.0527. The van der Waals surface area contributed by atoms with Crippen molar-refractivity contribution in [3.63, 3.8) is 0 Å². The van der Waals surface area contributed by atoms with Crippen molar-refractivity contribution in [2.45, 2.75) is 13.0 Å². The lowest BCUT2D eigenvalue weighted by atomic mass is 10.1. The van der Waals surface area contributed by atoms with Gasteiger partial charge in [0.25, 0.3) is 0 Å². The number of hydrogen-bond donors (Lipinski definition) is 2. The van der Waals surface area contributed by atoms with Gasteiger partial charge in [0.05, 0.1) is 30.0 Å². The summed E-state index contributed by atoms with van der Waals surface area (Å²) >= 11 is 0. The quantitative estimate of drug-likeness (QED) is 0.644. The number of amidine groups is 1. The Balaban J connectivity index is 2.24. The van der Waals surface area contributed by atoms with E-state index in [2.05, 4.69) is 16.8 Å². The van der Waals surface area contributed by atoms with Crippen LogP contribution in [0.3, 0.4) is 0 Å². The third-order valence-corrected chi connectivity index (χ3v) is 3.69. The van der Waals surface area contributed by atoms with Crippen LogP contribution in [-0.2, 0) is 4.74 Å². The van der Waals surface area contributed by atoms with Crippen molar-refractivity contribution in [2.24, 2.45) is 5.73 Å². The van der Waals surface area contributed by atoms with Gasteiger partial charge < -0.3 is 15.4 Å². The number of rotatable bonds is 2. The molecule has 1 atom stereocenters. The van der Waals surface area contributed by atoms with Gasteiger partial charge in [-0.15, -0.1) is 0 Å². The average molecular weight is 270 g/mol. The Morgan fingerprint density at radius 2 is 2.25 bits per heavy atom. The number of aromatic nitrogens is 1. The van der Waals surface area contributed by atoms with E-state index in [1.807, 2.05) is 24.3 Å². The van der Waals surface area contributed by atoms with Gasteiger partial charge >= 0.3 is 0 Å². The van der Waals surface area contributed by atoms with E-state index in [0.29, 0.717) is 18.8 Å². The molecule has 0 aliphatic carbocycles. The van der Waals surface area contributed by atoms with Crippen molar-refractivity contribution in [3.8, 4) is 0 Å². The standard InChI is InChI=1S/C15H18N4O/c1-10-9-20-7-6-19(10)14-11-4-2-3-5-13(11)18-8-12(14)15(16)17/h2-5,8,10H,6-7,9H2,1H3,(H3,16,17). The van der Waals surface area contributed by atoms with Crippen LogP contribution in [0.1, 0.15) is 12.5 Å². The zero-order chi connectivity index (χ0) is 14.1. The number of ether oxygens (including phenoxy) is 1. The summed E-state index contributed by atoms with van der Waals surface area (Å²) in [4.78, 5) is 6.67. The van der Waals surface area contributed by atoms with Crippen LogP contribution >= 0.6 is 0 Å². The average Bonchev–Trinajstić information content (AvgIpc) is 2.46. The van der Waals surface area contributed by atoms with Gasteiger partial charge in [-0.25, -0.2) is 0 Å². The fraction of sp³-hybridized carbons (Fsp3) is 0.333. The smallest absolute Gasteiger partial charge is 0.126 e. The Labute approximate surface area is 117 Å². The van der Waals surface area contributed by atoms with Gasteiger partial charge in [0.15, 0.2) is 0 Å². The van der Waals surface area contributed by atoms with Gasteiger partial charge in [-0.05, 0) is 13.0 Å². The maximum absolute atomic E-state index is 7.82. The second-order valence-corrected chi connectivity index (χ2v) is 5.07. The van der Waals surface area contributed by atoms with Crippen LogP contribution in [0, 0.1) is 5.41 Å². The van der Waals surface area contributed by atoms with Crippen molar-refractivity contribution < 1.29 is 4.74 Å². The van der Waals surface area contributed by atoms with E-state index in [1.165, 1.54) is 0 Å². The fourth-order valence-corrected chi connectivity index (χ4v) is 2.69. The zero-order valence-electron chi connectivity index (χ0n) is 11.5. The number of nitrogens with one attached hydrogen (secondary N) is 1. The van der Waals surface area contributed by atoms with Crippen LogP contribution in [0.2, 0.25) is 0 Å². The third-order valence-electron chi connectivity index (χ3n) is 3.69. The van der Waals surface area contributed by atoms with Crippen LogP contribution in [0.25, 0.3) is 10.9 Å². The van der Waals surface area contributed by atoms with Gasteiger partial charge in [0.1, 0.15) is 5.84 Å². The van der Waals surface area contributed by atoms with E-state index < -0.39 is 0 Å². The van der Waals surface area contributed by atoms with Gasteiger partial charge in [-0.3, -0.25) is 10.4 Å². The van der Waals surface area contributed by atoms with Crippen LogP contribution < -0.4 is 10.6 Å². The molecule has 1 fully saturated rings. The maximum atomic E-state index is 7.82. The number of benzene rings is 1. The minimum atomic E-state index is 0.0527. The highest BCUT2D eigenvalue weighted by Crippen LogP contribution is 2.31. The first-order chi connectivity index (χ1) is 9.68. The Bertz CT molecular complexity index is 655. The third kappa shape index (κ3) is 2.10. The van der Waals surface area contributed by atoms with Crippen molar-refractivity contribution in [1.29, 1.82) is 5.41 Å². The Morgan fingerprint density at radius 1 is 1.45 bits per heavy atom. The second-order valence-electron chi connectivity index (χ2n) is 5.07. The maximum Gasteiger partial charge on any atom is 0.126 e. The number of morpholine rings is 1. The molecule has 5 nitrogen and oxygen atoms in total. The minimum Gasteiger partial charge on any atom is -0.384 e. The summed E-state index contributed by atoms with van der Waals surface area (Å²) in [6, 6.07) is 8.23. The molecule has 0 radical (unpaired) electrons. The van der Waals surface area contributed by atoms with E-state index in [0.717, 1.165) is 23.1 Å². The Hall–Kier alpha value is -2.14. The SMILES string of the molecule is CC1COCCN1c1c(C(=N)N)cnc2ccccc12. The summed E-state index contributed by atoms with van der Waals surface area (Å²) < 4.78 is 5.50. The van der Waals surface area contributed by atoms with E-state index in [9.17, 15) is 0 Å². The topological polar surface area (TPSA) is 75.2 Å². The molecular weight excluding hydrogens is 252 g/mol. The van der Waals surface area contributed by atoms with Crippen LogP contribution in [0.4, 0.5) is 5.69 Å². The Morgan fingerprint density at radius 3 is 3.00 bits per heavy atom. The van der Waals surface area contributed by atoms with Gasteiger partial charge in [0, 0.05) is 24.2 Å². The number of para-hydroxylation sites is 1. The lowest BCUT2D eigenvalue weighted by molar-refractivity contribution is 0.0991. The summed E-state index contributed by atoms with van der Waals surface area (Å²) in [5.41, 5.74) is 8.36. The number of pyridine rings is 1. The molecule has 3 N–H and O–H groups in total. The molecule has 104 valence electrons. The number of hydrogen-bond acceptors (Lipinski definition) is 4. The van der Waals surface area contributed by atoms with E-state index in [1.54, 1.807) is 6.20 Å². The lowest BCUT2D eigenvalue weighted by Gasteiger charge is -2.37. The normalized spacial score (nSPS) is 19.2. The summed E-state index contributed by atoms with van der Waals surface area (Å²) in [7, 11) is 0. The molecule has 0 bridgehead atoms. The predicted molar refractivity (Wildman–Crippen MR) is 80.4 cm³/mol. The highest BCUT2D eigenvalue weighted by Gasteiger charge is 2.24. The van der Waals surface area contributed by atoms with Crippen LogP contribution in [0.15, 0.2) is 30.5 Å². The number of nitrogens with zero attached hydrogens (tertiary/aromatic N) is 2. The van der Waals surface area contributed by atoms with Crippen molar-refractivity contribution in [1.82, 2.24) is 4.98 Å². The predicted octanol–water partition coefficient (Wildman–Crippen LogP) is 1.74. The van der Waals surface area contributed by atoms with Crippen LogP contribution in [-0.4, -0.2) is 36.6 Å². The molecule has 20 heavy (non-hydrogen) atoms. The molecule has 1 saturated heterocycles. The number of nitrogen functional groups attached to an aromatic ring is 1. The molecule has 1 aliphatic rings. The summed E-state index contributed by atoms with van der Waals surface area (Å²) in [5, 5.41) is 8.85. The van der Waals surface area contributed by atoms with E-state index >= 15 is 0 Å². The number of fused-ring (bicyclic) bond motifs is 1. The molecule has 1 aliphatic heterocycles. The van der Waals surface area contributed by atoms with Crippen molar-refractivity contribution in [3.05, 3.63) is 36.0 Å². The molecule has 0 saturated carbocycles. The Kier molecular flexibility index (Phi) is 3.28. The molecule has 0 amide bonds. The highest BCUT2D eigenvalue weighted by atomic mass is 16.5. The zero-order valence-corrected chi connectivity index (χ0v) is 11.5.